The Kier molecular flexibility index (Phi) is 5.77. The first-order valence-electron chi connectivity index (χ1n) is 6.84. The first kappa shape index (κ1) is 16.3. The van der Waals surface area contributed by atoms with Gasteiger partial charge in [0.25, 0.3) is 5.91 Å². The summed E-state index contributed by atoms with van der Waals surface area (Å²) >= 11 is 3.40. The SMILES string of the molecule is CCOc1cc(C(=O)NCc2ccccn2)cc(Br)c1OC. The van der Waals surface area contributed by atoms with Gasteiger partial charge in [-0.1, -0.05) is 6.07 Å². The number of pyridine rings is 1. The van der Waals surface area contributed by atoms with Gasteiger partial charge >= 0.3 is 0 Å². The third-order valence-corrected chi connectivity index (χ3v) is 3.52. The molecule has 0 saturated carbocycles. The number of benzene rings is 1. The van der Waals surface area contributed by atoms with E-state index in [1.165, 1.54) is 0 Å². The first-order chi connectivity index (χ1) is 10.7. The first-order valence-corrected chi connectivity index (χ1v) is 7.63. The highest BCUT2D eigenvalue weighted by Gasteiger charge is 2.15. The Morgan fingerprint density at radius 2 is 2.18 bits per heavy atom. The van der Waals surface area contributed by atoms with Crippen LogP contribution >= 0.6 is 15.9 Å². The number of methoxy groups -OCH3 is 1. The van der Waals surface area contributed by atoms with Crippen LogP contribution in [0.25, 0.3) is 0 Å². The van der Waals surface area contributed by atoms with E-state index >= 15 is 0 Å². The van der Waals surface area contributed by atoms with E-state index in [1.54, 1.807) is 25.4 Å². The van der Waals surface area contributed by atoms with E-state index in [1.807, 2.05) is 25.1 Å². The van der Waals surface area contributed by atoms with Gasteiger partial charge in [-0.15, -0.1) is 0 Å². The predicted molar refractivity (Wildman–Crippen MR) is 87.3 cm³/mol. The van der Waals surface area contributed by atoms with E-state index in [9.17, 15) is 4.79 Å². The number of hydrogen-bond acceptors (Lipinski definition) is 4. The maximum atomic E-state index is 12.3. The summed E-state index contributed by atoms with van der Waals surface area (Å²) in [4.78, 5) is 16.4. The Morgan fingerprint density at radius 3 is 2.82 bits per heavy atom. The molecule has 2 rings (SSSR count). The van der Waals surface area contributed by atoms with Crippen LogP contribution in [0.3, 0.4) is 0 Å². The number of nitrogens with one attached hydrogen (secondary N) is 1. The largest absolute Gasteiger partial charge is 0.492 e. The number of carbonyl (C=O) groups excluding carboxylic acids is 1. The lowest BCUT2D eigenvalue weighted by Crippen LogP contribution is -2.23. The molecule has 0 atom stereocenters. The number of carbonyl (C=O) groups is 1. The quantitative estimate of drug-likeness (QED) is 0.854. The van der Waals surface area contributed by atoms with Gasteiger partial charge in [-0.3, -0.25) is 9.78 Å². The number of rotatable bonds is 6. The number of hydrogen-bond donors (Lipinski definition) is 1. The standard InChI is InChI=1S/C16H17BrN2O3/c1-3-22-14-9-11(8-13(17)15(14)21-2)16(20)19-10-12-6-4-5-7-18-12/h4-9H,3,10H2,1-2H3,(H,19,20). The van der Waals surface area contributed by atoms with Crippen molar-refractivity contribution < 1.29 is 14.3 Å². The van der Waals surface area contributed by atoms with E-state index in [0.29, 0.717) is 34.7 Å². The second-order valence-electron chi connectivity index (χ2n) is 4.43. The van der Waals surface area contributed by atoms with Crippen LogP contribution < -0.4 is 14.8 Å². The van der Waals surface area contributed by atoms with Crippen LogP contribution in [0.15, 0.2) is 41.0 Å². The van der Waals surface area contributed by atoms with Gasteiger partial charge in [0, 0.05) is 11.8 Å². The minimum atomic E-state index is -0.199. The Balaban J connectivity index is 2.15. The van der Waals surface area contributed by atoms with Crippen LogP contribution in [0.4, 0.5) is 0 Å². The van der Waals surface area contributed by atoms with Crippen molar-refractivity contribution in [2.45, 2.75) is 13.5 Å². The molecule has 5 nitrogen and oxygen atoms in total. The molecule has 22 heavy (non-hydrogen) atoms. The number of halogens is 1. The third-order valence-electron chi connectivity index (χ3n) is 2.93. The van der Waals surface area contributed by atoms with E-state index in [4.69, 9.17) is 9.47 Å². The molecule has 0 radical (unpaired) electrons. The molecule has 1 amide bonds. The molecule has 116 valence electrons. The minimum Gasteiger partial charge on any atom is -0.492 e. The number of nitrogens with zero attached hydrogens (tertiary/aromatic N) is 1. The number of aromatic nitrogens is 1. The molecule has 0 bridgehead atoms. The number of ether oxygens (including phenoxy) is 2. The smallest absolute Gasteiger partial charge is 0.251 e. The van der Waals surface area contributed by atoms with Crippen LogP contribution in [0.2, 0.25) is 0 Å². The van der Waals surface area contributed by atoms with Gasteiger partial charge in [0.15, 0.2) is 11.5 Å². The van der Waals surface area contributed by atoms with E-state index in [0.717, 1.165) is 5.69 Å². The monoisotopic (exact) mass is 364 g/mol. The van der Waals surface area contributed by atoms with Crippen LogP contribution in [0, 0.1) is 0 Å². The highest BCUT2D eigenvalue weighted by Crippen LogP contribution is 2.36. The highest BCUT2D eigenvalue weighted by molar-refractivity contribution is 9.10. The number of amides is 1. The van der Waals surface area contributed by atoms with Gasteiger partial charge in [-0.05, 0) is 47.1 Å². The van der Waals surface area contributed by atoms with Crippen LogP contribution in [-0.2, 0) is 6.54 Å². The Hall–Kier alpha value is -2.08. The summed E-state index contributed by atoms with van der Waals surface area (Å²) in [5, 5.41) is 2.83. The van der Waals surface area contributed by atoms with E-state index in [2.05, 4.69) is 26.2 Å². The molecule has 0 aliphatic carbocycles. The fourth-order valence-electron chi connectivity index (χ4n) is 1.94. The Labute approximate surface area is 137 Å². The summed E-state index contributed by atoms with van der Waals surface area (Å²) in [6.45, 7) is 2.73. The zero-order valence-corrected chi connectivity index (χ0v) is 14.0. The van der Waals surface area contributed by atoms with E-state index < -0.39 is 0 Å². The van der Waals surface area contributed by atoms with Gasteiger partial charge in [-0.2, -0.15) is 0 Å². The predicted octanol–water partition coefficient (Wildman–Crippen LogP) is 3.18. The van der Waals surface area contributed by atoms with Crippen molar-refractivity contribution in [2.75, 3.05) is 13.7 Å². The zero-order chi connectivity index (χ0) is 15.9. The molecule has 1 heterocycles. The molecular formula is C16H17BrN2O3. The maximum Gasteiger partial charge on any atom is 0.251 e. The fraction of sp³-hybridized carbons (Fsp3) is 0.250. The second-order valence-corrected chi connectivity index (χ2v) is 5.28. The molecule has 0 fully saturated rings. The molecule has 0 unspecified atom stereocenters. The van der Waals surface area contributed by atoms with Gasteiger partial charge in [0.2, 0.25) is 0 Å². The summed E-state index contributed by atoms with van der Waals surface area (Å²) in [6.07, 6.45) is 1.69. The highest BCUT2D eigenvalue weighted by atomic mass is 79.9. The Morgan fingerprint density at radius 1 is 1.36 bits per heavy atom. The summed E-state index contributed by atoms with van der Waals surface area (Å²) in [6, 6.07) is 8.94. The molecule has 0 spiro atoms. The molecule has 2 aromatic rings. The fourth-order valence-corrected chi connectivity index (χ4v) is 2.54. The van der Waals surface area contributed by atoms with Gasteiger partial charge in [-0.25, -0.2) is 0 Å². The summed E-state index contributed by atoms with van der Waals surface area (Å²) < 4.78 is 11.5. The molecule has 0 aliphatic heterocycles. The van der Waals surface area contributed by atoms with Gasteiger partial charge in [0.1, 0.15) is 0 Å². The normalized spacial score (nSPS) is 10.1. The summed E-state index contributed by atoms with van der Waals surface area (Å²) in [7, 11) is 1.56. The van der Waals surface area contributed by atoms with Crippen LogP contribution in [0.1, 0.15) is 23.0 Å². The molecule has 0 aliphatic rings. The van der Waals surface area contributed by atoms with Crippen molar-refractivity contribution in [3.05, 3.63) is 52.3 Å². The van der Waals surface area contributed by atoms with Crippen molar-refractivity contribution in [3.8, 4) is 11.5 Å². The van der Waals surface area contributed by atoms with E-state index in [-0.39, 0.29) is 5.91 Å². The van der Waals surface area contributed by atoms with Crippen LogP contribution in [0.5, 0.6) is 11.5 Å². The van der Waals surface area contributed by atoms with Gasteiger partial charge in [0.05, 0.1) is 30.4 Å². The third kappa shape index (κ3) is 3.98. The lowest BCUT2D eigenvalue weighted by atomic mass is 10.2. The molecule has 1 aromatic heterocycles. The summed E-state index contributed by atoms with van der Waals surface area (Å²) in [5.41, 5.74) is 1.29. The molecular weight excluding hydrogens is 348 g/mol. The molecule has 6 heteroatoms. The lowest BCUT2D eigenvalue weighted by molar-refractivity contribution is 0.0950. The minimum absolute atomic E-state index is 0.199. The van der Waals surface area contributed by atoms with Crippen molar-refractivity contribution in [3.63, 3.8) is 0 Å². The maximum absolute atomic E-state index is 12.3. The van der Waals surface area contributed by atoms with Crippen molar-refractivity contribution in [2.24, 2.45) is 0 Å². The van der Waals surface area contributed by atoms with Crippen molar-refractivity contribution in [1.29, 1.82) is 0 Å². The van der Waals surface area contributed by atoms with Gasteiger partial charge < -0.3 is 14.8 Å². The molecule has 0 saturated heterocycles. The van der Waals surface area contributed by atoms with Crippen molar-refractivity contribution in [1.82, 2.24) is 10.3 Å². The molecule has 1 N–H and O–H groups in total. The summed E-state index contributed by atoms with van der Waals surface area (Å²) in [5.74, 6) is 0.903. The second kappa shape index (κ2) is 7.79. The molecule has 1 aromatic carbocycles. The average Bonchev–Trinajstić information content (AvgIpc) is 2.53. The average molecular weight is 365 g/mol. The Bertz CT molecular complexity index is 647. The van der Waals surface area contributed by atoms with Crippen LogP contribution in [-0.4, -0.2) is 24.6 Å². The van der Waals surface area contributed by atoms with Crippen molar-refractivity contribution >= 4 is 21.8 Å². The topological polar surface area (TPSA) is 60.5 Å². The zero-order valence-electron chi connectivity index (χ0n) is 12.4. The lowest BCUT2D eigenvalue weighted by Gasteiger charge is -2.13.